The highest BCUT2D eigenvalue weighted by atomic mass is 32.1. The lowest BCUT2D eigenvalue weighted by atomic mass is 10.1. The van der Waals surface area contributed by atoms with Crippen LogP contribution in [0.15, 0.2) is 12.1 Å². The van der Waals surface area contributed by atoms with Crippen LogP contribution in [0.5, 0.6) is 0 Å². The van der Waals surface area contributed by atoms with Crippen molar-refractivity contribution < 1.29 is 8.78 Å². The molecule has 1 heterocycles. The molecule has 0 bridgehead atoms. The molecule has 0 aliphatic heterocycles. The van der Waals surface area contributed by atoms with E-state index >= 15 is 0 Å². The van der Waals surface area contributed by atoms with Gasteiger partial charge in [-0.15, -0.1) is 11.3 Å². The Morgan fingerprint density at radius 2 is 1.88 bits per heavy atom. The van der Waals surface area contributed by atoms with E-state index in [9.17, 15) is 8.78 Å². The molecule has 2 rings (SSSR count). The maximum absolute atomic E-state index is 13.1. The predicted octanol–water partition coefficient (Wildman–Crippen LogP) is 3.77. The van der Waals surface area contributed by atoms with Crippen molar-refractivity contribution in [2.75, 3.05) is 7.05 Å². The maximum atomic E-state index is 13.1. The highest BCUT2D eigenvalue weighted by molar-refractivity contribution is 7.19. The molecule has 0 amide bonds. The first-order valence-corrected chi connectivity index (χ1v) is 5.91. The molecule has 1 N–H and O–H groups in total. The second-order valence-electron chi connectivity index (χ2n) is 3.86. The number of fused-ring (bicyclic) bond motifs is 1. The number of halogens is 2. The molecule has 0 saturated carbocycles. The van der Waals surface area contributed by atoms with E-state index in [1.165, 1.54) is 23.5 Å². The Morgan fingerprint density at radius 1 is 1.25 bits per heavy atom. The average molecular weight is 241 g/mol. The summed E-state index contributed by atoms with van der Waals surface area (Å²) in [5.41, 5.74) is 1.03. The third-order valence-corrected chi connectivity index (χ3v) is 4.28. The van der Waals surface area contributed by atoms with Gasteiger partial charge < -0.3 is 5.32 Å². The van der Waals surface area contributed by atoms with Gasteiger partial charge in [0.1, 0.15) is 0 Å². The Balaban J connectivity index is 2.68. The first kappa shape index (κ1) is 11.5. The lowest BCUT2D eigenvalue weighted by Crippen LogP contribution is -2.11. The zero-order chi connectivity index (χ0) is 11.9. The number of thiophene rings is 1. The van der Waals surface area contributed by atoms with Gasteiger partial charge in [-0.1, -0.05) is 0 Å². The Morgan fingerprint density at radius 3 is 2.50 bits per heavy atom. The number of aryl methyl sites for hydroxylation is 1. The molecule has 1 aromatic carbocycles. The normalized spacial score (nSPS) is 13.3. The molecule has 0 fully saturated rings. The second kappa shape index (κ2) is 4.11. The topological polar surface area (TPSA) is 12.0 Å². The summed E-state index contributed by atoms with van der Waals surface area (Å²) in [6.07, 6.45) is 0. The smallest absolute Gasteiger partial charge is 0.160 e. The van der Waals surface area contributed by atoms with Gasteiger partial charge in [0, 0.05) is 15.6 Å². The van der Waals surface area contributed by atoms with Crippen molar-refractivity contribution in [1.29, 1.82) is 0 Å². The summed E-state index contributed by atoms with van der Waals surface area (Å²) in [6.45, 7) is 3.98. The molecule has 1 aromatic heterocycles. The van der Waals surface area contributed by atoms with Crippen molar-refractivity contribution in [2.45, 2.75) is 19.9 Å². The number of rotatable bonds is 2. The van der Waals surface area contributed by atoms with E-state index in [4.69, 9.17) is 0 Å². The summed E-state index contributed by atoms with van der Waals surface area (Å²) < 4.78 is 27.0. The SMILES string of the molecule is CNC(C)c1sc2cc(F)c(F)cc2c1C. The molecule has 1 atom stereocenters. The van der Waals surface area contributed by atoms with Crippen molar-refractivity contribution in [3.05, 3.63) is 34.2 Å². The van der Waals surface area contributed by atoms with Crippen molar-refractivity contribution >= 4 is 21.4 Å². The molecule has 0 radical (unpaired) electrons. The zero-order valence-electron chi connectivity index (χ0n) is 9.40. The van der Waals surface area contributed by atoms with Gasteiger partial charge in [0.2, 0.25) is 0 Å². The van der Waals surface area contributed by atoms with Gasteiger partial charge in [0.05, 0.1) is 0 Å². The van der Waals surface area contributed by atoms with Crippen LogP contribution in [0.25, 0.3) is 10.1 Å². The number of hydrogen-bond acceptors (Lipinski definition) is 2. The second-order valence-corrected chi connectivity index (χ2v) is 4.95. The highest BCUT2D eigenvalue weighted by Crippen LogP contribution is 2.35. The molecule has 0 saturated heterocycles. The molecule has 1 nitrogen and oxygen atoms in total. The van der Waals surface area contributed by atoms with Crippen molar-refractivity contribution in [3.8, 4) is 0 Å². The minimum absolute atomic E-state index is 0.198. The molecule has 4 heteroatoms. The summed E-state index contributed by atoms with van der Waals surface area (Å²) in [7, 11) is 1.87. The van der Waals surface area contributed by atoms with Crippen molar-refractivity contribution in [2.24, 2.45) is 0 Å². The molecule has 1 unspecified atom stereocenters. The fraction of sp³-hybridized carbons (Fsp3) is 0.333. The van der Waals surface area contributed by atoms with E-state index in [-0.39, 0.29) is 6.04 Å². The fourth-order valence-corrected chi connectivity index (χ4v) is 3.06. The van der Waals surface area contributed by atoms with Crippen LogP contribution in [0, 0.1) is 18.6 Å². The summed E-state index contributed by atoms with van der Waals surface area (Å²) in [6, 6.07) is 2.75. The average Bonchev–Trinajstić information content (AvgIpc) is 2.56. The Labute approximate surface area is 97.1 Å². The summed E-state index contributed by atoms with van der Waals surface area (Å²) in [5.74, 6) is -1.56. The third kappa shape index (κ3) is 1.72. The molecular formula is C12H13F2NS. The maximum Gasteiger partial charge on any atom is 0.160 e. The van der Waals surface area contributed by atoms with Crippen LogP contribution in [-0.4, -0.2) is 7.05 Å². The fourth-order valence-electron chi connectivity index (χ4n) is 1.78. The minimum atomic E-state index is -0.780. The van der Waals surface area contributed by atoms with Crippen LogP contribution < -0.4 is 5.32 Å². The van der Waals surface area contributed by atoms with Gasteiger partial charge >= 0.3 is 0 Å². The zero-order valence-corrected chi connectivity index (χ0v) is 10.2. The van der Waals surface area contributed by atoms with Crippen LogP contribution in [0.2, 0.25) is 0 Å². The predicted molar refractivity (Wildman–Crippen MR) is 64.0 cm³/mol. The van der Waals surface area contributed by atoms with Gasteiger partial charge in [-0.3, -0.25) is 0 Å². The lowest BCUT2D eigenvalue weighted by molar-refractivity contribution is 0.511. The largest absolute Gasteiger partial charge is 0.313 e. The van der Waals surface area contributed by atoms with Crippen LogP contribution in [0.3, 0.4) is 0 Å². The highest BCUT2D eigenvalue weighted by Gasteiger charge is 2.15. The van der Waals surface area contributed by atoms with Gasteiger partial charge in [-0.2, -0.15) is 0 Å². The molecule has 16 heavy (non-hydrogen) atoms. The number of nitrogens with one attached hydrogen (secondary N) is 1. The monoisotopic (exact) mass is 241 g/mol. The first-order valence-electron chi connectivity index (χ1n) is 5.10. The first-order chi connectivity index (χ1) is 7.54. The summed E-state index contributed by atoms with van der Waals surface area (Å²) >= 11 is 1.51. The molecule has 2 aromatic rings. The Kier molecular flexibility index (Phi) is 2.95. The number of benzene rings is 1. The van der Waals surface area contributed by atoms with Crippen LogP contribution >= 0.6 is 11.3 Å². The van der Waals surface area contributed by atoms with E-state index in [0.717, 1.165) is 20.5 Å². The Hall–Kier alpha value is -1.00. The molecule has 0 aliphatic carbocycles. The minimum Gasteiger partial charge on any atom is -0.313 e. The van der Waals surface area contributed by atoms with Crippen molar-refractivity contribution in [1.82, 2.24) is 5.32 Å². The van der Waals surface area contributed by atoms with Gasteiger partial charge in [0.15, 0.2) is 11.6 Å². The molecule has 0 spiro atoms. The quantitative estimate of drug-likeness (QED) is 0.844. The van der Waals surface area contributed by atoms with Gasteiger partial charge in [-0.25, -0.2) is 8.78 Å². The van der Waals surface area contributed by atoms with E-state index in [2.05, 4.69) is 5.32 Å². The van der Waals surface area contributed by atoms with E-state index in [1.54, 1.807) is 0 Å². The summed E-state index contributed by atoms with van der Waals surface area (Å²) in [4.78, 5) is 1.13. The van der Waals surface area contributed by atoms with E-state index < -0.39 is 11.6 Å². The lowest BCUT2D eigenvalue weighted by Gasteiger charge is -2.08. The third-order valence-electron chi connectivity index (χ3n) is 2.84. The summed E-state index contributed by atoms with van der Waals surface area (Å²) in [5, 5.41) is 3.94. The van der Waals surface area contributed by atoms with Crippen LogP contribution in [0.4, 0.5) is 8.78 Å². The van der Waals surface area contributed by atoms with E-state index in [0.29, 0.717) is 0 Å². The molecule has 0 aliphatic rings. The van der Waals surface area contributed by atoms with Crippen LogP contribution in [-0.2, 0) is 0 Å². The van der Waals surface area contributed by atoms with Gasteiger partial charge in [-0.05, 0) is 44.0 Å². The van der Waals surface area contributed by atoms with Crippen LogP contribution in [0.1, 0.15) is 23.4 Å². The van der Waals surface area contributed by atoms with Gasteiger partial charge in [0.25, 0.3) is 0 Å². The Bertz CT molecular complexity index is 533. The standard InChI is InChI=1S/C12H13F2NS/c1-6-8-4-9(13)10(14)5-11(8)16-12(6)7(2)15-3/h4-5,7,15H,1-3H3. The van der Waals surface area contributed by atoms with E-state index in [1.807, 2.05) is 20.9 Å². The molecule has 86 valence electrons. The number of hydrogen-bond donors (Lipinski definition) is 1. The van der Waals surface area contributed by atoms with Crippen molar-refractivity contribution in [3.63, 3.8) is 0 Å². The molecular weight excluding hydrogens is 228 g/mol.